The van der Waals surface area contributed by atoms with Gasteiger partial charge in [-0.05, 0) is 47.7 Å². The molecule has 4 rings (SSSR count). The number of amides is 5. The minimum absolute atomic E-state index is 0.0799. The van der Waals surface area contributed by atoms with Crippen molar-refractivity contribution in [2.24, 2.45) is 5.41 Å². The van der Waals surface area contributed by atoms with E-state index in [9.17, 15) is 28.4 Å². The van der Waals surface area contributed by atoms with Gasteiger partial charge in [0.1, 0.15) is 11.6 Å². The average Bonchev–Trinajstić information content (AvgIpc) is 3.77. The predicted octanol–water partition coefficient (Wildman–Crippen LogP) is 7.05. The van der Waals surface area contributed by atoms with Crippen molar-refractivity contribution < 1.29 is 47.0 Å². The molecule has 1 aliphatic heterocycles. The van der Waals surface area contributed by atoms with Gasteiger partial charge in [0.05, 0.1) is 51.4 Å². The maximum absolute atomic E-state index is 15.3. The van der Waals surface area contributed by atoms with Gasteiger partial charge in [0, 0.05) is 81.6 Å². The summed E-state index contributed by atoms with van der Waals surface area (Å²) in [5, 5.41) is 5.64. The zero-order chi connectivity index (χ0) is 46.0. The highest BCUT2D eigenvalue weighted by Gasteiger charge is 2.37. The molecule has 17 heteroatoms. The highest BCUT2D eigenvalue weighted by Crippen LogP contribution is 2.41. The molecule has 2 heterocycles. The minimum atomic E-state index is -1.39. The lowest BCUT2D eigenvalue weighted by molar-refractivity contribution is -0.138. The highest BCUT2D eigenvalue weighted by atomic mass is 32.2. The van der Waals surface area contributed by atoms with Gasteiger partial charge in [-0.25, -0.2) is 13.6 Å². The Labute approximate surface area is 375 Å². The first kappa shape index (κ1) is 50.8. The van der Waals surface area contributed by atoms with E-state index in [1.54, 1.807) is 11.1 Å². The lowest BCUT2D eigenvalue weighted by atomic mass is 9.83. The first-order valence-electron chi connectivity index (χ1n) is 21.4. The molecule has 1 atom stereocenters. The fourth-order valence-electron chi connectivity index (χ4n) is 6.84. The van der Waals surface area contributed by atoms with E-state index in [1.165, 1.54) is 30.0 Å². The van der Waals surface area contributed by atoms with E-state index in [0.29, 0.717) is 30.9 Å². The molecular weight excluding hydrogens is 849 g/mol. The van der Waals surface area contributed by atoms with Crippen molar-refractivity contribution in [1.82, 2.24) is 25.0 Å². The fourth-order valence-corrected chi connectivity index (χ4v) is 8.37. The van der Waals surface area contributed by atoms with Crippen LogP contribution in [0.15, 0.2) is 72.9 Å². The van der Waals surface area contributed by atoms with Crippen molar-refractivity contribution in [3.05, 3.63) is 95.8 Å². The Morgan fingerprint density at radius 2 is 1.57 bits per heavy atom. The summed E-state index contributed by atoms with van der Waals surface area (Å²) in [6, 6.07) is 15.3. The zero-order valence-corrected chi connectivity index (χ0v) is 39.2. The first-order valence-corrected chi connectivity index (χ1v) is 26.2. The summed E-state index contributed by atoms with van der Waals surface area (Å²) in [6.45, 7) is 15.5. The molecule has 0 aliphatic carbocycles. The van der Waals surface area contributed by atoms with Crippen molar-refractivity contribution in [2.75, 3.05) is 70.7 Å². The Morgan fingerprint density at radius 1 is 0.873 bits per heavy atom. The number of hydrogen-bond acceptors (Lipinski definition) is 9. The average molecular weight is 912 g/mol. The number of imide groups is 1. The third kappa shape index (κ3) is 17.3. The van der Waals surface area contributed by atoms with Crippen LogP contribution < -0.4 is 10.6 Å². The van der Waals surface area contributed by atoms with E-state index >= 15 is 4.39 Å². The zero-order valence-electron chi connectivity index (χ0n) is 37.4. The summed E-state index contributed by atoms with van der Waals surface area (Å²) in [6.07, 6.45) is 4.34. The van der Waals surface area contributed by atoms with Crippen molar-refractivity contribution in [3.63, 3.8) is 0 Å². The number of aromatic nitrogens is 1. The van der Waals surface area contributed by atoms with Crippen LogP contribution in [0.1, 0.15) is 50.9 Å². The SMILES string of the molecule is CC(C)(C)[C@H](c1cc(-c2cc(F)ccc2F)cn1Cc1ccccc1)N(CCCNC(=O)OCC[Si](C)(C)C)C(=O)CSCCC(=O)NCCOCCOCCN1C(=O)C=CC1=O. The van der Waals surface area contributed by atoms with E-state index in [4.69, 9.17) is 14.2 Å². The van der Waals surface area contributed by atoms with Crippen LogP contribution in [0.25, 0.3) is 11.1 Å². The lowest BCUT2D eigenvalue weighted by Gasteiger charge is -2.41. The second-order valence-electron chi connectivity index (χ2n) is 17.5. The Morgan fingerprint density at radius 3 is 2.25 bits per heavy atom. The molecule has 1 aromatic heterocycles. The van der Waals surface area contributed by atoms with Crippen LogP contribution in [0, 0.1) is 17.0 Å². The molecule has 0 saturated heterocycles. The number of nitrogens with one attached hydrogen (secondary N) is 2. The lowest BCUT2D eigenvalue weighted by Crippen LogP contribution is -2.44. The Balaban J connectivity index is 1.39. The molecule has 2 aromatic carbocycles. The van der Waals surface area contributed by atoms with E-state index in [-0.39, 0.29) is 94.0 Å². The van der Waals surface area contributed by atoms with Gasteiger partial charge in [0.15, 0.2) is 0 Å². The van der Waals surface area contributed by atoms with Crippen LogP contribution in [0.4, 0.5) is 13.6 Å². The van der Waals surface area contributed by atoms with Crippen molar-refractivity contribution in [2.45, 2.75) is 71.9 Å². The molecule has 5 amide bonds. The van der Waals surface area contributed by atoms with E-state index < -0.39 is 37.3 Å². The molecule has 0 radical (unpaired) electrons. The molecule has 1 aliphatic rings. The normalized spacial score (nSPS) is 13.4. The van der Waals surface area contributed by atoms with Gasteiger partial charge in [-0.1, -0.05) is 70.7 Å². The van der Waals surface area contributed by atoms with Crippen LogP contribution >= 0.6 is 11.8 Å². The number of ether oxygens (including phenoxy) is 3. The van der Waals surface area contributed by atoms with Gasteiger partial charge in [-0.2, -0.15) is 11.8 Å². The second-order valence-corrected chi connectivity index (χ2v) is 24.2. The number of carbonyl (C=O) groups excluding carboxylic acids is 5. The fraction of sp³-hybridized carbons (Fsp3) is 0.500. The van der Waals surface area contributed by atoms with Gasteiger partial charge in [0.2, 0.25) is 11.8 Å². The number of carbonyl (C=O) groups is 5. The maximum Gasteiger partial charge on any atom is 0.407 e. The predicted molar refractivity (Wildman–Crippen MR) is 244 cm³/mol. The van der Waals surface area contributed by atoms with Crippen molar-refractivity contribution in [3.8, 4) is 11.1 Å². The largest absolute Gasteiger partial charge is 0.450 e. The number of hydrogen-bond donors (Lipinski definition) is 2. The summed E-state index contributed by atoms with van der Waals surface area (Å²) in [7, 11) is -1.39. The smallest absolute Gasteiger partial charge is 0.407 e. The maximum atomic E-state index is 15.3. The highest BCUT2D eigenvalue weighted by molar-refractivity contribution is 7.99. The summed E-state index contributed by atoms with van der Waals surface area (Å²) in [5.74, 6) is -1.74. The van der Waals surface area contributed by atoms with E-state index in [2.05, 4.69) is 30.3 Å². The van der Waals surface area contributed by atoms with Crippen LogP contribution in [0.5, 0.6) is 0 Å². The number of benzene rings is 2. The number of halogens is 2. The standard InChI is InChI=1S/C46H63F2N5O8SSi/c1-46(2,3)44(39-29-35(37-30-36(47)13-14-38(37)48)32-51(39)31-34-11-8-7-9-12-34)53(20-10-18-50-45(58)61-26-28-63(4,5)6)43(57)33-62-27-17-40(54)49-19-22-59-24-25-60-23-21-52-41(55)15-16-42(52)56/h7-9,11-16,29-30,32,44H,10,17-28,31,33H2,1-6H3,(H,49,54)(H,50,58)/t44-/m0/s1. The number of alkyl carbamates (subject to hydrolysis) is 1. The van der Waals surface area contributed by atoms with Crippen LogP contribution in [0.2, 0.25) is 25.7 Å². The summed E-state index contributed by atoms with van der Waals surface area (Å²) in [4.78, 5) is 65.7. The van der Waals surface area contributed by atoms with Gasteiger partial charge in [-0.15, -0.1) is 0 Å². The van der Waals surface area contributed by atoms with Crippen molar-refractivity contribution in [1.29, 1.82) is 0 Å². The summed E-state index contributed by atoms with van der Waals surface area (Å²) >= 11 is 1.34. The molecule has 0 fully saturated rings. The quantitative estimate of drug-likeness (QED) is 0.0491. The van der Waals surface area contributed by atoms with Gasteiger partial charge in [0.25, 0.3) is 11.8 Å². The number of rotatable bonds is 26. The topological polar surface area (TPSA) is 149 Å². The molecule has 2 N–H and O–H groups in total. The second kappa shape index (κ2) is 24.9. The van der Waals surface area contributed by atoms with E-state index in [1.807, 2.05) is 61.7 Å². The summed E-state index contributed by atoms with van der Waals surface area (Å²) < 4.78 is 48.1. The molecule has 0 spiro atoms. The minimum Gasteiger partial charge on any atom is -0.450 e. The third-order valence-electron chi connectivity index (χ3n) is 10.0. The molecule has 13 nitrogen and oxygen atoms in total. The molecule has 63 heavy (non-hydrogen) atoms. The Bertz CT molecular complexity index is 2000. The van der Waals surface area contributed by atoms with Crippen molar-refractivity contribution >= 4 is 49.6 Å². The van der Waals surface area contributed by atoms with Crippen LogP contribution in [-0.4, -0.2) is 123 Å². The first-order chi connectivity index (χ1) is 29.9. The molecule has 0 saturated carbocycles. The van der Waals surface area contributed by atoms with Gasteiger partial charge in [-0.3, -0.25) is 24.1 Å². The molecule has 3 aromatic rings. The Hall–Kier alpha value is -4.84. The number of thioether (sulfide) groups is 1. The monoisotopic (exact) mass is 911 g/mol. The Kier molecular flexibility index (Phi) is 20.0. The summed E-state index contributed by atoms with van der Waals surface area (Å²) in [5.41, 5.74) is 1.76. The number of nitrogens with zero attached hydrogens (tertiary/aromatic N) is 3. The molecule has 0 bridgehead atoms. The van der Waals surface area contributed by atoms with E-state index in [0.717, 1.165) is 34.3 Å². The van der Waals surface area contributed by atoms with Crippen LogP contribution in [-0.2, 0) is 39.9 Å². The van der Waals surface area contributed by atoms with Crippen LogP contribution in [0.3, 0.4) is 0 Å². The molecule has 0 unspecified atom stereocenters. The van der Waals surface area contributed by atoms with Gasteiger partial charge < -0.3 is 34.3 Å². The molecule has 344 valence electrons. The van der Waals surface area contributed by atoms with Gasteiger partial charge >= 0.3 is 6.09 Å². The molecular formula is C46H63F2N5O8SSi. The third-order valence-corrected chi connectivity index (χ3v) is 12.7.